The Morgan fingerprint density at radius 3 is 1.53 bits per heavy atom. The first-order chi connectivity index (χ1) is 28.3. The number of rotatable bonds is 5. The van der Waals surface area contributed by atoms with Gasteiger partial charge in [0.05, 0.1) is 26.8 Å². The lowest BCUT2D eigenvalue weighted by Gasteiger charge is -2.10. The molecule has 12 rings (SSSR count). The zero-order valence-electron chi connectivity index (χ0n) is 30.5. The molecule has 5 nitrogen and oxygen atoms in total. The molecule has 0 unspecified atom stereocenters. The quantitative estimate of drug-likeness (QED) is 0.176. The lowest BCUT2D eigenvalue weighted by Crippen LogP contribution is -2.00. The van der Waals surface area contributed by atoms with E-state index in [0.29, 0.717) is 17.5 Å². The van der Waals surface area contributed by atoms with Gasteiger partial charge in [-0.1, -0.05) is 127 Å². The first kappa shape index (κ1) is 31.9. The van der Waals surface area contributed by atoms with Gasteiger partial charge in [-0.2, -0.15) is 0 Å². The molecular weight excluding hydrogens is 715 g/mol. The van der Waals surface area contributed by atoms with Crippen LogP contribution in [0.1, 0.15) is 0 Å². The molecule has 57 heavy (non-hydrogen) atoms. The van der Waals surface area contributed by atoms with Crippen molar-refractivity contribution in [1.29, 1.82) is 0 Å². The largest absolute Gasteiger partial charge is 0.309 e. The third-order valence-corrected chi connectivity index (χ3v) is 12.4. The van der Waals surface area contributed by atoms with Crippen molar-refractivity contribution in [2.75, 3.05) is 0 Å². The van der Waals surface area contributed by atoms with E-state index in [2.05, 4.69) is 137 Å². The Morgan fingerprint density at radius 2 is 0.877 bits per heavy atom. The number of para-hydroxylation sites is 3. The fraction of sp³-hybridized carbons (Fsp3) is 0. The number of hydrogen-bond acceptors (Lipinski definition) is 4. The van der Waals surface area contributed by atoms with Crippen LogP contribution in [-0.2, 0) is 0 Å². The summed E-state index contributed by atoms with van der Waals surface area (Å²) in [6.45, 7) is 0. The summed E-state index contributed by atoms with van der Waals surface area (Å²) >= 11 is 1.87. The lowest BCUT2D eigenvalue weighted by molar-refractivity contribution is 1.07. The summed E-state index contributed by atoms with van der Waals surface area (Å²) in [6, 6.07) is 66.6. The van der Waals surface area contributed by atoms with Gasteiger partial charge in [0.1, 0.15) is 0 Å². The van der Waals surface area contributed by atoms with E-state index in [1.807, 2.05) is 72.0 Å². The molecule has 0 fully saturated rings. The fourth-order valence-corrected chi connectivity index (χ4v) is 9.80. The van der Waals surface area contributed by atoms with Gasteiger partial charge in [0.25, 0.3) is 0 Å². The minimum absolute atomic E-state index is 0.644. The molecule has 0 saturated heterocycles. The fourth-order valence-electron chi connectivity index (χ4n) is 8.58. The molecule has 0 saturated carbocycles. The summed E-state index contributed by atoms with van der Waals surface area (Å²) in [5.41, 5.74) is 9.90. The standard InChI is InChI=1S/C51H31N5S/c1-4-14-32(15-5-1)49-52-50(33-16-6-2-7-17-33)54-51(53-49)34-24-28-45-41(30-34)39-26-27-40-42-31-36(55-43-22-12-10-20-37(43)38-21-11-13-23-44(38)55)25-29-46(42)57-48(40)47(39)56(45)35-18-8-3-9-19-35/h1-31H. The van der Waals surface area contributed by atoms with Gasteiger partial charge in [0.15, 0.2) is 17.5 Å². The average Bonchev–Trinajstić information content (AvgIpc) is 3.94. The van der Waals surface area contributed by atoms with Crippen LogP contribution in [0.15, 0.2) is 188 Å². The van der Waals surface area contributed by atoms with E-state index < -0.39 is 0 Å². The Labute approximate surface area is 331 Å². The van der Waals surface area contributed by atoms with Crippen molar-refractivity contribution < 1.29 is 0 Å². The molecule has 0 aliphatic carbocycles. The van der Waals surface area contributed by atoms with Crippen molar-refractivity contribution in [1.82, 2.24) is 24.1 Å². The molecular formula is C51H31N5S. The zero-order valence-corrected chi connectivity index (χ0v) is 31.4. The van der Waals surface area contributed by atoms with E-state index in [9.17, 15) is 0 Å². The van der Waals surface area contributed by atoms with Gasteiger partial charge in [-0.05, 0) is 60.7 Å². The second-order valence-corrected chi connectivity index (χ2v) is 15.5. The highest BCUT2D eigenvalue weighted by Gasteiger charge is 2.21. The molecule has 266 valence electrons. The Balaban J connectivity index is 1.09. The minimum atomic E-state index is 0.644. The smallest absolute Gasteiger partial charge is 0.164 e. The Hall–Kier alpha value is -7.41. The SMILES string of the molecule is c1ccc(-c2nc(-c3ccccc3)nc(-c3ccc4c(c3)c3ccc5c6cc(-n7c8ccccc8c8ccccc87)ccc6sc5c3n4-c3ccccc3)n2)cc1. The van der Waals surface area contributed by atoms with E-state index in [0.717, 1.165) is 39.0 Å². The van der Waals surface area contributed by atoms with E-state index >= 15 is 0 Å². The van der Waals surface area contributed by atoms with Crippen LogP contribution in [0.5, 0.6) is 0 Å². The predicted octanol–water partition coefficient (Wildman–Crippen LogP) is 13.4. The summed E-state index contributed by atoms with van der Waals surface area (Å²) in [6.07, 6.45) is 0. The third kappa shape index (κ3) is 4.98. The van der Waals surface area contributed by atoms with Crippen LogP contribution < -0.4 is 0 Å². The van der Waals surface area contributed by atoms with E-state index in [-0.39, 0.29) is 0 Å². The third-order valence-electron chi connectivity index (χ3n) is 11.2. The van der Waals surface area contributed by atoms with Crippen molar-refractivity contribution in [3.8, 4) is 45.5 Å². The summed E-state index contributed by atoms with van der Waals surface area (Å²) in [5.74, 6) is 1.95. The van der Waals surface area contributed by atoms with E-state index in [1.165, 1.54) is 52.9 Å². The number of thiophene rings is 1. The van der Waals surface area contributed by atoms with Crippen LogP contribution in [0.4, 0.5) is 0 Å². The van der Waals surface area contributed by atoms with Crippen molar-refractivity contribution >= 4 is 75.1 Å². The van der Waals surface area contributed by atoms with Gasteiger partial charge in [0, 0.05) is 65.1 Å². The highest BCUT2D eigenvalue weighted by molar-refractivity contribution is 7.26. The molecule has 8 aromatic carbocycles. The molecule has 6 heteroatoms. The Kier molecular flexibility index (Phi) is 7.03. The van der Waals surface area contributed by atoms with Crippen molar-refractivity contribution in [2.45, 2.75) is 0 Å². The second-order valence-electron chi connectivity index (χ2n) is 14.4. The van der Waals surface area contributed by atoms with Gasteiger partial charge in [-0.3, -0.25) is 0 Å². The topological polar surface area (TPSA) is 48.5 Å². The molecule has 0 aliphatic rings. The normalized spacial score (nSPS) is 11.9. The Bertz CT molecular complexity index is 3400. The van der Waals surface area contributed by atoms with Gasteiger partial charge >= 0.3 is 0 Å². The first-order valence-electron chi connectivity index (χ1n) is 19.1. The molecule has 0 radical (unpaired) electrons. The zero-order chi connectivity index (χ0) is 37.5. The molecule has 0 spiro atoms. The van der Waals surface area contributed by atoms with Gasteiger partial charge in [-0.25, -0.2) is 15.0 Å². The number of benzene rings is 8. The highest BCUT2D eigenvalue weighted by atomic mass is 32.1. The van der Waals surface area contributed by atoms with Crippen molar-refractivity contribution in [3.63, 3.8) is 0 Å². The van der Waals surface area contributed by atoms with Crippen LogP contribution in [0.25, 0.3) is 109 Å². The number of aromatic nitrogens is 5. The molecule has 12 aromatic rings. The van der Waals surface area contributed by atoms with Crippen molar-refractivity contribution in [2.24, 2.45) is 0 Å². The van der Waals surface area contributed by atoms with Crippen LogP contribution in [0.3, 0.4) is 0 Å². The summed E-state index contributed by atoms with van der Waals surface area (Å²) in [4.78, 5) is 15.1. The second kappa shape index (κ2) is 12.6. The molecule has 0 amide bonds. The molecule has 4 aromatic heterocycles. The monoisotopic (exact) mass is 745 g/mol. The number of hydrogen-bond donors (Lipinski definition) is 0. The van der Waals surface area contributed by atoms with Crippen LogP contribution >= 0.6 is 11.3 Å². The van der Waals surface area contributed by atoms with Crippen LogP contribution in [0, 0.1) is 0 Å². The molecule has 0 N–H and O–H groups in total. The van der Waals surface area contributed by atoms with Crippen LogP contribution in [0.2, 0.25) is 0 Å². The lowest BCUT2D eigenvalue weighted by atomic mass is 10.1. The van der Waals surface area contributed by atoms with Crippen molar-refractivity contribution in [3.05, 3.63) is 188 Å². The molecule has 0 bridgehead atoms. The molecule has 0 atom stereocenters. The van der Waals surface area contributed by atoms with Crippen LogP contribution in [-0.4, -0.2) is 24.1 Å². The highest BCUT2D eigenvalue weighted by Crippen LogP contribution is 2.45. The summed E-state index contributed by atoms with van der Waals surface area (Å²) in [7, 11) is 0. The van der Waals surface area contributed by atoms with E-state index in [1.54, 1.807) is 0 Å². The predicted molar refractivity (Wildman–Crippen MR) is 238 cm³/mol. The van der Waals surface area contributed by atoms with E-state index in [4.69, 9.17) is 15.0 Å². The number of nitrogens with zero attached hydrogens (tertiary/aromatic N) is 5. The van der Waals surface area contributed by atoms with Gasteiger partial charge in [0.2, 0.25) is 0 Å². The van der Waals surface area contributed by atoms with Gasteiger partial charge < -0.3 is 9.13 Å². The van der Waals surface area contributed by atoms with Gasteiger partial charge in [-0.15, -0.1) is 11.3 Å². The number of fused-ring (bicyclic) bond motifs is 10. The maximum absolute atomic E-state index is 5.07. The molecule has 0 aliphatic heterocycles. The minimum Gasteiger partial charge on any atom is -0.309 e. The maximum Gasteiger partial charge on any atom is 0.164 e. The summed E-state index contributed by atoms with van der Waals surface area (Å²) < 4.78 is 7.36. The first-order valence-corrected chi connectivity index (χ1v) is 19.9. The maximum atomic E-state index is 5.07. The summed E-state index contributed by atoms with van der Waals surface area (Å²) in [5, 5.41) is 7.39. The Morgan fingerprint density at radius 1 is 0.333 bits per heavy atom. The average molecular weight is 746 g/mol. The molecule has 4 heterocycles.